The van der Waals surface area contributed by atoms with Gasteiger partial charge >= 0.3 is 0 Å². The topological polar surface area (TPSA) is 110 Å². The van der Waals surface area contributed by atoms with Gasteiger partial charge in [0, 0.05) is 19.6 Å². The van der Waals surface area contributed by atoms with E-state index in [2.05, 4.69) is 16.3 Å². The summed E-state index contributed by atoms with van der Waals surface area (Å²) < 4.78 is 16.5. The molecule has 9 nitrogen and oxygen atoms in total. The molecule has 0 unspecified atom stereocenters. The van der Waals surface area contributed by atoms with E-state index in [1.165, 1.54) is 0 Å². The first-order chi connectivity index (χ1) is 17.4. The fourth-order valence-electron chi connectivity index (χ4n) is 4.49. The number of carbonyl (C=O) groups excluding carboxylic acids is 1. The number of hydrogen-bond acceptors (Lipinski definition) is 8. The second-order valence-corrected chi connectivity index (χ2v) is 8.88. The molecule has 0 aliphatic carbocycles. The maximum Gasteiger partial charge on any atom is 0.243 e. The van der Waals surface area contributed by atoms with Crippen molar-refractivity contribution in [3.8, 4) is 17.6 Å². The van der Waals surface area contributed by atoms with E-state index >= 15 is 0 Å². The quantitative estimate of drug-likeness (QED) is 0.514. The molecule has 36 heavy (non-hydrogen) atoms. The van der Waals surface area contributed by atoms with Crippen molar-refractivity contribution in [2.24, 2.45) is 0 Å². The lowest BCUT2D eigenvalue weighted by Crippen LogP contribution is -2.46. The summed E-state index contributed by atoms with van der Waals surface area (Å²) in [6.07, 6.45) is 0.551. The van der Waals surface area contributed by atoms with Crippen LogP contribution < -0.4 is 19.7 Å². The van der Waals surface area contributed by atoms with Crippen molar-refractivity contribution in [1.82, 2.24) is 15.3 Å². The molecule has 1 saturated heterocycles. The molecule has 2 aromatic carbocycles. The normalized spacial score (nSPS) is 18.4. The highest BCUT2D eigenvalue weighted by Gasteiger charge is 2.31. The van der Waals surface area contributed by atoms with Gasteiger partial charge in [0.2, 0.25) is 5.91 Å². The second-order valence-electron chi connectivity index (χ2n) is 8.88. The number of nitrogens with zero attached hydrogens (tertiary/aromatic N) is 4. The molecule has 1 N–H and O–H groups in total. The zero-order chi connectivity index (χ0) is 25.7. The fourth-order valence-corrected chi connectivity index (χ4v) is 4.49. The highest BCUT2D eigenvalue weighted by atomic mass is 16.5. The summed E-state index contributed by atoms with van der Waals surface area (Å²) in [5.41, 5.74) is 2.70. The third-order valence-electron chi connectivity index (χ3n) is 6.12. The molecule has 0 saturated carbocycles. The van der Waals surface area contributed by atoms with E-state index in [4.69, 9.17) is 24.2 Å². The lowest BCUT2D eigenvalue weighted by atomic mass is 10.0. The van der Waals surface area contributed by atoms with Crippen LogP contribution in [0.1, 0.15) is 31.0 Å². The lowest BCUT2D eigenvalue weighted by Gasteiger charge is -2.37. The molecule has 1 aliphatic heterocycles. The summed E-state index contributed by atoms with van der Waals surface area (Å²) in [6, 6.07) is 15.3. The van der Waals surface area contributed by atoms with Crippen molar-refractivity contribution in [2.75, 3.05) is 38.8 Å². The Morgan fingerprint density at radius 2 is 1.78 bits per heavy atom. The first-order valence-electron chi connectivity index (χ1n) is 12.0. The Labute approximate surface area is 211 Å². The number of hydrogen-bond donors (Lipinski definition) is 1. The molecular weight excluding hydrogens is 458 g/mol. The van der Waals surface area contributed by atoms with Crippen LogP contribution in [0.2, 0.25) is 0 Å². The molecule has 9 heteroatoms. The second kappa shape index (κ2) is 11.2. The minimum Gasteiger partial charge on any atom is -0.493 e. The first-order valence-corrected chi connectivity index (χ1v) is 12.0. The number of methoxy groups -OCH3 is 2. The molecule has 0 bridgehead atoms. The number of benzene rings is 2. The molecule has 1 fully saturated rings. The SMILES string of the molecule is COc1ccc(CCNC(=O)[C@H](C#N)c2nc3ccccc3nc2N2C[C@@H](C)O[C@@H](C)C2)cc1OC. The van der Waals surface area contributed by atoms with Gasteiger partial charge in [-0.1, -0.05) is 18.2 Å². The summed E-state index contributed by atoms with van der Waals surface area (Å²) >= 11 is 0. The number of carbonyl (C=O) groups is 1. The predicted molar refractivity (Wildman–Crippen MR) is 136 cm³/mol. The Hall–Kier alpha value is -3.90. The number of rotatable bonds is 8. The van der Waals surface area contributed by atoms with Crippen LogP contribution in [0.5, 0.6) is 11.5 Å². The van der Waals surface area contributed by atoms with Gasteiger partial charge in [-0.25, -0.2) is 9.97 Å². The van der Waals surface area contributed by atoms with Gasteiger partial charge in [0.1, 0.15) is 5.69 Å². The molecule has 3 aromatic rings. The van der Waals surface area contributed by atoms with Crippen LogP contribution in [0.3, 0.4) is 0 Å². The smallest absolute Gasteiger partial charge is 0.243 e. The molecule has 3 atom stereocenters. The van der Waals surface area contributed by atoms with Gasteiger partial charge in [-0.3, -0.25) is 4.79 Å². The minimum atomic E-state index is -1.10. The number of para-hydroxylation sites is 2. The average Bonchev–Trinajstić information content (AvgIpc) is 2.88. The summed E-state index contributed by atoms with van der Waals surface area (Å²) in [4.78, 5) is 24.8. The van der Waals surface area contributed by atoms with Crippen LogP contribution in [0.15, 0.2) is 42.5 Å². The zero-order valence-corrected chi connectivity index (χ0v) is 21.0. The summed E-state index contributed by atoms with van der Waals surface area (Å²) in [5, 5.41) is 12.9. The van der Waals surface area contributed by atoms with Crippen LogP contribution in [-0.2, 0) is 16.0 Å². The Kier molecular flexibility index (Phi) is 7.86. The molecule has 1 amide bonds. The molecular formula is C27H31N5O4. The van der Waals surface area contributed by atoms with Gasteiger partial charge in [-0.15, -0.1) is 0 Å². The monoisotopic (exact) mass is 489 g/mol. The summed E-state index contributed by atoms with van der Waals surface area (Å²) in [5.74, 6) is 0.316. The van der Waals surface area contributed by atoms with Gasteiger partial charge in [0.05, 0.1) is 43.5 Å². The lowest BCUT2D eigenvalue weighted by molar-refractivity contribution is -0.121. The Bertz CT molecular complexity index is 1260. The van der Waals surface area contributed by atoms with Crippen molar-refractivity contribution >= 4 is 22.8 Å². The number of nitrogens with one attached hydrogen (secondary N) is 1. The van der Waals surface area contributed by atoms with Crippen LogP contribution in [-0.4, -0.2) is 61.9 Å². The number of nitriles is 1. The van der Waals surface area contributed by atoms with Crippen LogP contribution in [0.25, 0.3) is 11.0 Å². The standard InChI is InChI=1S/C27H31N5O4/c1-17-15-32(16-18(2)36-17)26-25(30-21-7-5-6-8-22(21)31-26)20(14-28)27(33)29-12-11-19-9-10-23(34-3)24(13-19)35-4/h5-10,13,17-18,20H,11-12,15-16H2,1-4H3,(H,29,33)/t17-,18+,20-/m1/s1. The van der Waals surface area contributed by atoms with Crippen LogP contribution >= 0.6 is 0 Å². The zero-order valence-electron chi connectivity index (χ0n) is 21.0. The van der Waals surface area contributed by atoms with E-state index in [-0.39, 0.29) is 12.2 Å². The van der Waals surface area contributed by atoms with Gasteiger partial charge in [-0.2, -0.15) is 5.26 Å². The Morgan fingerprint density at radius 1 is 1.11 bits per heavy atom. The molecule has 1 aromatic heterocycles. The van der Waals surface area contributed by atoms with E-state index in [0.29, 0.717) is 60.1 Å². The third kappa shape index (κ3) is 5.50. The Balaban J connectivity index is 1.56. The number of aromatic nitrogens is 2. The van der Waals surface area contributed by atoms with E-state index in [0.717, 1.165) is 5.56 Å². The highest BCUT2D eigenvalue weighted by molar-refractivity contribution is 5.88. The van der Waals surface area contributed by atoms with Crippen molar-refractivity contribution < 1.29 is 19.0 Å². The number of morpholine rings is 1. The van der Waals surface area contributed by atoms with Crippen LogP contribution in [0.4, 0.5) is 5.82 Å². The molecule has 0 radical (unpaired) electrons. The molecule has 0 spiro atoms. The summed E-state index contributed by atoms with van der Waals surface area (Å²) in [6.45, 7) is 5.56. The van der Waals surface area contributed by atoms with E-state index in [9.17, 15) is 10.1 Å². The van der Waals surface area contributed by atoms with Gasteiger partial charge < -0.3 is 24.4 Å². The van der Waals surface area contributed by atoms with Gasteiger partial charge in [0.25, 0.3) is 0 Å². The Morgan fingerprint density at radius 3 is 2.42 bits per heavy atom. The highest BCUT2D eigenvalue weighted by Crippen LogP contribution is 2.30. The molecule has 1 aliphatic rings. The average molecular weight is 490 g/mol. The van der Waals surface area contributed by atoms with E-state index < -0.39 is 11.8 Å². The van der Waals surface area contributed by atoms with E-state index in [1.54, 1.807) is 14.2 Å². The van der Waals surface area contributed by atoms with Crippen molar-refractivity contribution in [3.05, 3.63) is 53.7 Å². The summed E-state index contributed by atoms with van der Waals surface area (Å²) in [7, 11) is 3.17. The molecule has 188 valence electrons. The first kappa shape index (κ1) is 25.2. The van der Waals surface area contributed by atoms with Gasteiger partial charge in [-0.05, 0) is 50.1 Å². The minimum absolute atomic E-state index is 0.00859. The van der Waals surface area contributed by atoms with Crippen molar-refractivity contribution in [2.45, 2.75) is 38.4 Å². The maximum atomic E-state index is 13.2. The van der Waals surface area contributed by atoms with Crippen molar-refractivity contribution in [3.63, 3.8) is 0 Å². The van der Waals surface area contributed by atoms with Gasteiger partial charge in [0.15, 0.2) is 23.2 Å². The van der Waals surface area contributed by atoms with Crippen molar-refractivity contribution in [1.29, 1.82) is 5.26 Å². The largest absolute Gasteiger partial charge is 0.493 e. The van der Waals surface area contributed by atoms with E-state index in [1.807, 2.05) is 56.3 Å². The number of amides is 1. The molecule has 4 rings (SSSR count). The predicted octanol–water partition coefficient (Wildman–Crippen LogP) is 3.23. The molecule has 2 heterocycles. The fraction of sp³-hybridized carbons (Fsp3) is 0.407. The number of ether oxygens (including phenoxy) is 3. The number of fused-ring (bicyclic) bond motifs is 1. The third-order valence-corrected chi connectivity index (χ3v) is 6.12. The number of anilines is 1. The maximum absolute atomic E-state index is 13.2. The van der Waals surface area contributed by atoms with Crippen LogP contribution in [0, 0.1) is 11.3 Å².